The number of nitrogens with one attached hydrogen (secondary N) is 2. The molecule has 1 saturated carbocycles. The Morgan fingerprint density at radius 1 is 1.29 bits per heavy atom. The number of carbonyl (C=O) groups is 3. The highest BCUT2D eigenvalue weighted by molar-refractivity contribution is 6.12. The van der Waals surface area contributed by atoms with E-state index < -0.39 is 23.7 Å². The Labute approximate surface area is 140 Å². The van der Waals surface area contributed by atoms with E-state index >= 15 is 0 Å². The standard InChI is InChI=1S/C17H19N3O4/c1-24-17(23)20-13-8-4-5-11(9-13)15(21)14(10-18)16(22)19-12-6-2-3-7-12/h4-5,8-9,12,14H,2-3,6-7H2,1H3,(H,19,22)(H,20,23)/t14-/m0/s1. The van der Waals surface area contributed by atoms with Crippen molar-refractivity contribution in [2.24, 2.45) is 5.92 Å². The summed E-state index contributed by atoms with van der Waals surface area (Å²) in [4.78, 5) is 35.9. The summed E-state index contributed by atoms with van der Waals surface area (Å²) >= 11 is 0. The molecule has 24 heavy (non-hydrogen) atoms. The molecule has 2 rings (SSSR count). The van der Waals surface area contributed by atoms with E-state index in [9.17, 15) is 19.6 Å². The van der Waals surface area contributed by atoms with E-state index in [0.717, 1.165) is 25.7 Å². The average Bonchev–Trinajstić information content (AvgIpc) is 3.08. The third kappa shape index (κ3) is 4.32. The molecule has 7 heteroatoms. The molecule has 0 bridgehead atoms. The number of Topliss-reactive ketones (excluding diaryl/α,β-unsaturated/α-hetero) is 1. The summed E-state index contributed by atoms with van der Waals surface area (Å²) in [6.45, 7) is 0. The molecule has 0 radical (unpaired) electrons. The molecular weight excluding hydrogens is 310 g/mol. The summed E-state index contributed by atoms with van der Waals surface area (Å²) in [6, 6.07) is 7.85. The van der Waals surface area contributed by atoms with Gasteiger partial charge < -0.3 is 10.1 Å². The molecule has 0 aromatic heterocycles. The lowest BCUT2D eigenvalue weighted by atomic mass is 9.97. The Kier molecular flexibility index (Phi) is 5.90. The van der Waals surface area contributed by atoms with E-state index in [-0.39, 0.29) is 11.6 Å². The number of anilines is 1. The van der Waals surface area contributed by atoms with Crippen LogP contribution < -0.4 is 10.6 Å². The fourth-order valence-corrected chi connectivity index (χ4v) is 2.68. The molecular formula is C17H19N3O4. The number of carbonyl (C=O) groups excluding carboxylic acids is 3. The first-order chi connectivity index (χ1) is 11.5. The first-order valence-corrected chi connectivity index (χ1v) is 7.74. The quantitative estimate of drug-likeness (QED) is 0.636. The third-order valence-corrected chi connectivity index (χ3v) is 3.93. The first kappa shape index (κ1) is 17.5. The topological polar surface area (TPSA) is 108 Å². The van der Waals surface area contributed by atoms with Crippen LogP contribution in [0.15, 0.2) is 24.3 Å². The van der Waals surface area contributed by atoms with Gasteiger partial charge in [0.25, 0.3) is 0 Å². The van der Waals surface area contributed by atoms with Crippen molar-refractivity contribution < 1.29 is 19.1 Å². The fourth-order valence-electron chi connectivity index (χ4n) is 2.68. The molecule has 0 heterocycles. The molecule has 1 aliphatic rings. The summed E-state index contributed by atoms with van der Waals surface area (Å²) in [5, 5.41) is 14.4. The van der Waals surface area contributed by atoms with Crippen molar-refractivity contribution in [1.29, 1.82) is 5.26 Å². The Balaban J connectivity index is 2.10. The number of hydrogen-bond donors (Lipinski definition) is 2. The van der Waals surface area contributed by atoms with Crippen LogP contribution in [-0.4, -0.2) is 30.9 Å². The molecule has 126 valence electrons. The Morgan fingerprint density at radius 2 is 2.00 bits per heavy atom. The van der Waals surface area contributed by atoms with Gasteiger partial charge in [-0.15, -0.1) is 0 Å². The lowest BCUT2D eigenvalue weighted by molar-refractivity contribution is -0.122. The molecule has 7 nitrogen and oxygen atoms in total. The molecule has 0 spiro atoms. The lowest BCUT2D eigenvalue weighted by Gasteiger charge is -2.15. The summed E-state index contributed by atoms with van der Waals surface area (Å²) < 4.78 is 4.48. The van der Waals surface area contributed by atoms with Crippen molar-refractivity contribution in [3.8, 4) is 6.07 Å². The molecule has 1 aliphatic carbocycles. The van der Waals surface area contributed by atoms with Gasteiger partial charge in [-0.1, -0.05) is 25.0 Å². The van der Waals surface area contributed by atoms with Gasteiger partial charge in [-0.05, 0) is 25.0 Å². The van der Waals surface area contributed by atoms with E-state index in [4.69, 9.17) is 0 Å². The van der Waals surface area contributed by atoms with Gasteiger partial charge in [-0.2, -0.15) is 5.26 Å². The van der Waals surface area contributed by atoms with Crippen LogP contribution in [0.2, 0.25) is 0 Å². The average molecular weight is 329 g/mol. The van der Waals surface area contributed by atoms with Crippen LogP contribution in [0.25, 0.3) is 0 Å². The number of nitriles is 1. The monoisotopic (exact) mass is 329 g/mol. The minimum Gasteiger partial charge on any atom is -0.453 e. The van der Waals surface area contributed by atoms with Gasteiger partial charge in [0, 0.05) is 17.3 Å². The number of amides is 2. The van der Waals surface area contributed by atoms with Crippen molar-refractivity contribution in [2.75, 3.05) is 12.4 Å². The zero-order chi connectivity index (χ0) is 17.5. The fraction of sp³-hybridized carbons (Fsp3) is 0.412. The Morgan fingerprint density at radius 3 is 2.62 bits per heavy atom. The van der Waals surface area contributed by atoms with Crippen molar-refractivity contribution in [3.63, 3.8) is 0 Å². The van der Waals surface area contributed by atoms with Crippen LogP contribution in [0, 0.1) is 17.2 Å². The number of ketones is 1. The zero-order valence-corrected chi connectivity index (χ0v) is 13.4. The second-order valence-electron chi connectivity index (χ2n) is 5.61. The maximum Gasteiger partial charge on any atom is 0.411 e. The van der Waals surface area contributed by atoms with Gasteiger partial charge in [0.2, 0.25) is 5.91 Å². The first-order valence-electron chi connectivity index (χ1n) is 7.74. The number of rotatable bonds is 5. The Hall–Kier alpha value is -2.88. The summed E-state index contributed by atoms with van der Waals surface area (Å²) in [5.74, 6) is -2.57. The largest absolute Gasteiger partial charge is 0.453 e. The second kappa shape index (κ2) is 8.11. The molecule has 0 saturated heterocycles. The summed E-state index contributed by atoms with van der Waals surface area (Å²) in [6.07, 6.45) is 3.15. The minimum atomic E-state index is -1.40. The SMILES string of the molecule is COC(=O)Nc1cccc(C(=O)[C@H](C#N)C(=O)NC2CCCC2)c1. The van der Waals surface area contributed by atoms with Crippen LogP contribution in [0.3, 0.4) is 0 Å². The van der Waals surface area contributed by atoms with Gasteiger partial charge in [0.05, 0.1) is 13.2 Å². The lowest BCUT2D eigenvalue weighted by Crippen LogP contribution is -2.39. The van der Waals surface area contributed by atoms with Gasteiger partial charge in [0.1, 0.15) is 0 Å². The predicted octanol–water partition coefficient (Wildman–Crippen LogP) is 2.25. The smallest absolute Gasteiger partial charge is 0.411 e. The number of nitrogens with zero attached hydrogens (tertiary/aromatic N) is 1. The molecule has 1 aromatic rings. The van der Waals surface area contributed by atoms with Gasteiger partial charge in [-0.25, -0.2) is 4.79 Å². The maximum atomic E-state index is 12.5. The molecule has 1 fully saturated rings. The summed E-state index contributed by atoms with van der Waals surface area (Å²) in [5.41, 5.74) is 0.526. The van der Waals surface area contributed by atoms with Crippen LogP contribution >= 0.6 is 0 Å². The maximum absolute atomic E-state index is 12.5. The zero-order valence-electron chi connectivity index (χ0n) is 13.4. The highest BCUT2D eigenvalue weighted by atomic mass is 16.5. The highest BCUT2D eigenvalue weighted by Gasteiger charge is 2.30. The minimum absolute atomic E-state index is 0.0356. The van der Waals surface area contributed by atoms with Crippen LogP contribution in [0.1, 0.15) is 36.0 Å². The van der Waals surface area contributed by atoms with Crippen LogP contribution in [-0.2, 0) is 9.53 Å². The third-order valence-electron chi connectivity index (χ3n) is 3.93. The highest BCUT2D eigenvalue weighted by Crippen LogP contribution is 2.19. The van der Waals surface area contributed by atoms with E-state index in [0.29, 0.717) is 5.69 Å². The number of benzene rings is 1. The molecule has 1 atom stereocenters. The van der Waals surface area contributed by atoms with Crippen molar-refractivity contribution in [1.82, 2.24) is 5.32 Å². The van der Waals surface area contributed by atoms with E-state index in [1.165, 1.54) is 19.2 Å². The van der Waals surface area contributed by atoms with Crippen molar-refractivity contribution in [3.05, 3.63) is 29.8 Å². The molecule has 2 N–H and O–H groups in total. The Bertz CT molecular complexity index is 675. The number of ether oxygens (including phenoxy) is 1. The van der Waals surface area contributed by atoms with Gasteiger partial charge in [-0.3, -0.25) is 14.9 Å². The van der Waals surface area contributed by atoms with E-state index in [1.54, 1.807) is 18.2 Å². The number of hydrogen-bond acceptors (Lipinski definition) is 5. The summed E-state index contributed by atoms with van der Waals surface area (Å²) in [7, 11) is 1.23. The van der Waals surface area contributed by atoms with E-state index in [1.807, 2.05) is 0 Å². The molecule has 1 aromatic carbocycles. The van der Waals surface area contributed by atoms with Gasteiger partial charge in [0.15, 0.2) is 11.7 Å². The normalized spacial score (nSPS) is 15.2. The van der Waals surface area contributed by atoms with Crippen LogP contribution in [0.5, 0.6) is 0 Å². The predicted molar refractivity (Wildman–Crippen MR) is 86.3 cm³/mol. The van der Waals surface area contributed by atoms with Crippen molar-refractivity contribution >= 4 is 23.5 Å². The van der Waals surface area contributed by atoms with Gasteiger partial charge >= 0.3 is 6.09 Å². The molecule has 0 unspecified atom stereocenters. The molecule has 2 amide bonds. The second-order valence-corrected chi connectivity index (χ2v) is 5.61. The van der Waals surface area contributed by atoms with E-state index in [2.05, 4.69) is 15.4 Å². The number of methoxy groups -OCH3 is 1. The van der Waals surface area contributed by atoms with Crippen LogP contribution in [0.4, 0.5) is 10.5 Å². The van der Waals surface area contributed by atoms with Crippen molar-refractivity contribution in [2.45, 2.75) is 31.7 Å². The molecule has 0 aliphatic heterocycles.